The number of rotatable bonds is 4. The maximum Gasteiger partial charge on any atom is 0.227 e. The van der Waals surface area contributed by atoms with Crippen molar-refractivity contribution in [3.63, 3.8) is 0 Å². The van der Waals surface area contributed by atoms with Gasteiger partial charge >= 0.3 is 0 Å². The Morgan fingerprint density at radius 1 is 0.880 bits per heavy atom. The fraction of sp³-hybridized carbons (Fsp3) is 0.611. The predicted molar refractivity (Wildman–Crippen MR) is 98.8 cm³/mol. The minimum Gasteiger partial charge on any atom is -0.356 e. The third kappa shape index (κ3) is 3.76. The van der Waals surface area contributed by atoms with Gasteiger partial charge in [-0.2, -0.15) is 10.1 Å². The van der Waals surface area contributed by atoms with E-state index in [1.165, 1.54) is 25.0 Å². The molecule has 2 fully saturated rings. The van der Waals surface area contributed by atoms with E-state index in [0.717, 1.165) is 57.6 Å². The first-order valence-electron chi connectivity index (χ1n) is 9.32. The molecule has 0 atom stereocenters. The summed E-state index contributed by atoms with van der Waals surface area (Å²) in [6.45, 7) is 7.20. The summed E-state index contributed by atoms with van der Waals surface area (Å²) in [5.74, 6) is 1.96. The molecular weight excluding hydrogens is 314 g/mol. The lowest BCUT2D eigenvalue weighted by Crippen LogP contribution is -2.46. The molecule has 7 heteroatoms. The van der Waals surface area contributed by atoms with Crippen molar-refractivity contribution in [2.24, 2.45) is 7.05 Å². The maximum absolute atomic E-state index is 4.84. The van der Waals surface area contributed by atoms with Gasteiger partial charge in [-0.05, 0) is 31.4 Å². The van der Waals surface area contributed by atoms with Gasteiger partial charge in [-0.25, -0.2) is 4.98 Å². The SMILES string of the molecule is Cn1nccc1CN1CCN(c2nccc(N3CCCCC3)n2)CC1. The molecule has 2 aromatic heterocycles. The van der Waals surface area contributed by atoms with Crippen LogP contribution in [0.15, 0.2) is 24.5 Å². The Bertz CT molecular complexity index is 684. The van der Waals surface area contributed by atoms with Crippen LogP contribution in [0.25, 0.3) is 0 Å². The molecule has 0 bridgehead atoms. The lowest BCUT2D eigenvalue weighted by atomic mass is 10.1. The van der Waals surface area contributed by atoms with Crippen LogP contribution in [0.2, 0.25) is 0 Å². The first-order chi connectivity index (χ1) is 12.3. The quantitative estimate of drug-likeness (QED) is 0.840. The van der Waals surface area contributed by atoms with Crippen molar-refractivity contribution in [2.75, 3.05) is 49.1 Å². The van der Waals surface area contributed by atoms with Crippen molar-refractivity contribution in [2.45, 2.75) is 25.8 Å². The molecule has 2 aromatic rings. The van der Waals surface area contributed by atoms with E-state index in [-0.39, 0.29) is 0 Å². The van der Waals surface area contributed by atoms with Gasteiger partial charge in [-0.15, -0.1) is 0 Å². The normalized spacial score (nSPS) is 19.4. The Morgan fingerprint density at radius 2 is 1.68 bits per heavy atom. The van der Waals surface area contributed by atoms with Crippen LogP contribution in [0.3, 0.4) is 0 Å². The number of aromatic nitrogens is 4. The van der Waals surface area contributed by atoms with Gasteiger partial charge in [0.15, 0.2) is 0 Å². The fourth-order valence-corrected chi connectivity index (χ4v) is 3.68. The van der Waals surface area contributed by atoms with Gasteiger partial charge in [0.25, 0.3) is 0 Å². The summed E-state index contributed by atoms with van der Waals surface area (Å²) < 4.78 is 1.96. The van der Waals surface area contributed by atoms with Crippen LogP contribution >= 0.6 is 0 Å². The average molecular weight is 341 g/mol. The van der Waals surface area contributed by atoms with Gasteiger partial charge in [0.05, 0.1) is 5.69 Å². The summed E-state index contributed by atoms with van der Waals surface area (Å²) in [6, 6.07) is 4.14. The first kappa shape index (κ1) is 16.3. The van der Waals surface area contributed by atoms with Gasteiger partial charge < -0.3 is 9.80 Å². The zero-order valence-corrected chi connectivity index (χ0v) is 15.0. The van der Waals surface area contributed by atoms with E-state index in [4.69, 9.17) is 4.98 Å². The molecular formula is C18H27N7. The molecule has 134 valence electrons. The highest BCUT2D eigenvalue weighted by atomic mass is 15.3. The fourth-order valence-electron chi connectivity index (χ4n) is 3.68. The number of piperazine rings is 1. The standard InChI is InChI=1S/C18H27N7/c1-22-16(5-8-20-22)15-23-11-13-25(14-12-23)18-19-7-6-17(21-18)24-9-3-2-4-10-24/h5-8H,2-4,9-15H2,1H3. The number of piperidine rings is 1. The molecule has 0 spiro atoms. The Balaban J connectivity index is 1.36. The molecule has 0 unspecified atom stereocenters. The second-order valence-electron chi connectivity index (χ2n) is 6.97. The highest BCUT2D eigenvalue weighted by Crippen LogP contribution is 2.20. The summed E-state index contributed by atoms with van der Waals surface area (Å²) in [7, 11) is 2.01. The summed E-state index contributed by atoms with van der Waals surface area (Å²) in [6.07, 6.45) is 7.66. The number of aryl methyl sites for hydroxylation is 1. The third-order valence-corrected chi connectivity index (χ3v) is 5.27. The van der Waals surface area contributed by atoms with Crippen LogP contribution in [0.1, 0.15) is 25.0 Å². The molecule has 25 heavy (non-hydrogen) atoms. The number of nitrogens with zero attached hydrogens (tertiary/aromatic N) is 7. The van der Waals surface area contributed by atoms with Gasteiger partial charge in [-0.3, -0.25) is 9.58 Å². The zero-order valence-electron chi connectivity index (χ0n) is 15.0. The topological polar surface area (TPSA) is 53.3 Å². The smallest absolute Gasteiger partial charge is 0.227 e. The van der Waals surface area contributed by atoms with Crippen LogP contribution in [0.4, 0.5) is 11.8 Å². The number of anilines is 2. The second-order valence-corrected chi connectivity index (χ2v) is 6.97. The predicted octanol–water partition coefficient (Wildman–Crippen LogP) is 1.52. The van der Waals surface area contributed by atoms with Crippen molar-refractivity contribution < 1.29 is 0 Å². The average Bonchev–Trinajstić information content (AvgIpc) is 3.08. The van der Waals surface area contributed by atoms with E-state index in [2.05, 4.69) is 30.8 Å². The summed E-state index contributed by atoms with van der Waals surface area (Å²) >= 11 is 0. The highest BCUT2D eigenvalue weighted by molar-refractivity contribution is 5.44. The molecule has 0 N–H and O–H groups in total. The number of hydrogen-bond acceptors (Lipinski definition) is 6. The van der Waals surface area contributed by atoms with E-state index in [1.807, 2.05) is 30.2 Å². The number of hydrogen-bond donors (Lipinski definition) is 0. The largest absolute Gasteiger partial charge is 0.356 e. The lowest BCUT2D eigenvalue weighted by molar-refractivity contribution is 0.242. The molecule has 0 aliphatic carbocycles. The second kappa shape index (κ2) is 7.39. The molecule has 0 amide bonds. The van der Waals surface area contributed by atoms with Gasteiger partial charge in [0, 0.05) is 65.3 Å². The van der Waals surface area contributed by atoms with Crippen molar-refractivity contribution in [3.8, 4) is 0 Å². The molecule has 7 nitrogen and oxygen atoms in total. The Morgan fingerprint density at radius 3 is 2.40 bits per heavy atom. The Hall–Kier alpha value is -2.15. The summed E-state index contributed by atoms with van der Waals surface area (Å²) in [5.41, 5.74) is 1.26. The zero-order chi connectivity index (χ0) is 17.1. The molecule has 0 radical (unpaired) electrons. The van der Waals surface area contributed by atoms with Gasteiger partial charge in [-0.1, -0.05) is 0 Å². The Kier molecular flexibility index (Phi) is 4.83. The highest BCUT2D eigenvalue weighted by Gasteiger charge is 2.21. The van der Waals surface area contributed by atoms with Crippen LogP contribution in [0, 0.1) is 0 Å². The molecule has 2 aliphatic heterocycles. The van der Waals surface area contributed by atoms with Gasteiger partial charge in [0.2, 0.25) is 5.95 Å². The maximum atomic E-state index is 4.84. The van der Waals surface area contributed by atoms with E-state index in [9.17, 15) is 0 Å². The van der Waals surface area contributed by atoms with E-state index < -0.39 is 0 Å². The van der Waals surface area contributed by atoms with Gasteiger partial charge in [0.1, 0.15) is 5.82 Å². The minimum atomic E-state index is 0.878. The van der Waals surface area contributed by atoms with E-state index >= 15 is 0 Å². The van der Waals surface area contributed by atoms with Crippen molar-refractivity contribution in [3.05, 3.63) is 30.2 Å². The van der Waals surface area contributed by atoms with Crippen LogP contribution in [0.5, 0.6) is 0 Å². The third-order valence-electron chi connectivity index (χ3n) is 5.27. The molecule has 2 aliphatic rings. The van der Waals surface area contributed by atoms with Crippen LogP contribution in [-0.2, 0) is 13.6 Å². The first-order valence-corrected chi connectivity index (χ1v) is 9.32. The molecule has 0 saturated carbocycles. The monoisotopic (exact) mass is 341 g/mol. The molecule has 0 aromatic carbocycles. The van der Waals surface area contributed by atoms with Crippen molar-refractivity contribution in [1.82, 2.24) is 24.6 Å². The van der Waals surface area contributed by atoms with Crippen LogP contribution in [-0.4, -0.2) is 63.9 Å². The van der Waals surface area contributed by atoms with Crippen LogP contribution < -0.4 is 9.80 Å². The summed E-state index contributed by atoms with van der Waals surface area (Å²) in [4.78, 5) is 16.6. The Labute approximate surface area is 149 Å². The van der Waals surface area contributed by atoms with Crippen molar-refractivity contribution in [1.29, 1.82) is 0 Å². The minimum absolute atomic E-state index is 0.878. The molecule has 4 rings (SSSR count). The van der Waals surface area contributed by atoms with E-state index in [0.29, 0.717) is 0 Å². The lowest BCUT2D eigenvalue weighted by Gasteiger charge is -2.35. The molecule has 2 saturated heterocycles. The summed E-state index contributed by atoms with van der Waals surface area (Å²) in [5, 5.41) is 4.25. The molecule has 4 heterocycles. The van der Waals surface area contributed by atoms with Crippen molar-refractivity contribution >= 4 is 11.8 Å². The van der Waals surface area contributed by atoms with E-state index in [1.54, 1.807) is 0 Å².